The average molecular weight is 227 g/mol. The third-order valence-electron chi connectivity index (χ3n) is 3.83. The molecule has 1 unspecified atom stereocenters. The highest BCUT2D eigenvalue weighted by molar-refractivity contribution is 5.80. The van der Waals surface area contributed by atoms with Gasteiger partial charge in [0, 0.05) is 6.61 Å². The summed E-state index contributed by atoms with van der Waals surface area (Å²) in [6.07, 6.45) is 1.90. The van der Waals surface area contributed by atoms with Gasteiger partial charge < -0.3 is 14.7 Å². The molecule has 0 aliphatic carbocycles. The van der Waals surface area contributed by atoms with Crippen LogP contribution in [0.1, 0.15) is 26.7 Å². The van der Waals surface area contributed by atoms with Crippen molar-refractivity contribution in [2.75, 3.05) is 26.3 Å². The number of ether oxygens (including phenoxy) is 1. The molecule has 4 nitrogen and oxygen atoms in total. The van der Waals surface area contributed by atoms with Crippen LogP contribution >= 0.6 is 0 Å². The molecule has 0 radical (unpaired) electrons. The first-order valence-electron chi connectivity index (χ1n) is 6.12. The van der Waals surface area contributed by atoms with E-state index in [2.05, 4.69) is 0 Å². The van der Waals surface area contributed by atoms with Crippen LogP contribution in [0.3, 0.4) is 0 Å². The zero-order chi connectivity index (χ0) is 11.8. The van der Waals surface area contributed by atoms with E-state index >= 15 is 0 Å². The van der Waals surface area contributed by atoms with Crippen molar-refractivity contribution in [1.29, 1.82) is 0 Å². The molecule has 1 atom stereocenters. The lowest BCUT2D eigenvalue weighted by Gasteiger charge is -2.50. The Morgan fingerprint density at radius 1 is 1.50 bits per heavy atom. The molecule has 0 bridgehead atoms. The third kappa shape index (κ3) is 2.09. The number of aliphatic hydroxyl groups is 1. The van der Waals surface area contributed by atoms with E-state index in [9.17, 15) is 9.90 Å². The third-order valence-corrected chi connectivity index (χ3v) is 3.83. The number of β-amino-alcohol motifs (C(OH)–C–C–N with tert-alkyl or cyclic N) is 1. The number of amides is 1. The van der Waals surface area contributed by atoms with Gasteiger partial charge in [0.25, 0.3) is 0 Å². The molecule has 0 spiro atoms. The number of carbonyl (C=O) groups is 1. The van der Waals surface area contributed by atoms with Crippen LogP contribution in [0.2, 0.25) is 0 Å². The van der Waals surface area contributed by atoms with Gasteiger partial charge in [-0.2, -0.15) is 0 Å². The quantitative estimate of drug-likeness (QED) is 0.753. The molecular weight excluding hydrogens is 206 g/mol. The van der Waals surface area contributed by atoms with E-state index in [-0.39, 0.29) is 17.7 Å². The predicted octanol–water partition coefficient (Wildman–Crippen LogP) is 0.642. The maximum absolute atomic E-state index is 12.0. The SMILES string of the molecule is CC(C)C1(O)CN(C(=O)C2CCCOC2)C1. The molecule has 2 aliphatic heterocycles. The van der Waals surface area contributed by atoms with E-state index in [1.165, 1.54) is 0 Å². The largest absolute Gasteiger partial charge is 0.386 e. The fourth-order valence-corrected chi connectivity index (χ4v) is 2.33. The summed E-state index contributed by atoms with van der Waals surface area (Å²) in [4.78, 5) is 13.8. The second-order valence-electron chi connectivity index (χ2n) is 5.37. The summed E-state index contributed by atoms with van der Waals surface area (Å²) in [5, 5.41) is 10.1. The van der Waals surface area contributed by atoms with Crippen LogP contribution in [0.4, 0.5) is 0 Å². The zero-order valence-electron chi connectivity index (χ0n) is 10.1. The first-order valence-corrected chi connectivity index (χ1v) is 6.12. The lowest BCUT2D eigenvalue weighted by molar-refractivity contribution is -0.170. The summed E-state index contributed by atoms with van der Waals surface area (Å²) in [5.74, 6) is 0.384. The molecule has 1 amide bonds. The Bertz CT molecular complexity index is 265. The second kappa shape index (κ2) is 4.34. The average Bonchev–Trinajstić information content (AvgIpc) is 2.25. The first kappa shape index (κ1) is 11.9. The van der Waals surface area contributed by atoms with Gasteiger partial charge in [-0.3, -0.25) is 4.79 Å². The van der Waals surface area contributed by atoms with Crippen LogP contribution in [0.15, 0.2) is 0 Å². The molecule has 4 heteroatoms. The number of carbonyl (C=O) groups excluding carboxylic acids is 1. The van der Waals surface area contributed by atoms with Gasteiger partial charge in [-0.1, -0.05) is 13.8 Å². The highest BCUT2D eigenvalue weighted by atomic mass is 16.5. The van der Waals surface area contributed by atoms with Crippen molar-refractivity contribution in [3.05, 3.63) is 0 Å². The Labute approximate surface area is 96.6 Å². The van der Waals surface area contributed by atoms with Crippen LogP contribution in [0.25, 0.3) is 0 Å². The van der Waals surface area contributed by atoms with Gasteiger partial charge in [0.05, 0.1) is 25.6 Å². The van der Waals surface area contributed by atoms with Gasteiger partial charge in [-0.05, 0) is 18.8 Å². The number of hydrogen-bond donors (Lipinski definition) is 1. The number of likely N-dealkylation sites (tertiary alicyclic amines) is 1. The predicted molar refractivity (Wildman–Crippen MR) is 59.9 cm³/mol. The van der Waals surface area contributed by atoms with E-state index in [0.717, 1.165) is 19.4 Å². The first-order chi connectivity index (χ1) is 7.53. The van der Waals surface area contributed by atoms with Crippen molar-refractivity contribution in [1.82, 2.24) is 4.90 Å². The van der Waals surface area contributed by atoms with Crippen molar-refractivity contribution < 1.29 is 14.6 Å². The Morgan fingerprint density at radius 2 is 2.19 bits per heavy atom. The van der Waals surface area contributed by atoms with Gasteiger partial charge in [-0.15, -0.1) is 0 Å². The molecule has 0 aromatic carbocycles. The van der Waals surface area contributed by atoms with Crippen LogP contribution < -0.4 is 0 Å². The van der Waals surface area contributed by atoms with Crippen LogP contribution in [-0.2, 0) is 9.53 Å². The van der Waals surface area contributed by atoms with E-state index in [0.29, 0.717) is 19.7 Å². The maximum Gasteiger partial charge on any atom is 0.228 e. The van der Waals surface area contributed by atoms with Gasteiger partial charge in [-0.25, -0.2) is 0 Å². The topological polar surface area (TPSA) is 49.8 Å². The highest BCUT2D eigenvalue weighted by Gasteiger charge is 2.47. The van der Waals surface area contributed by atoms with E-state index in [1.54, 1.807) is 4.90 Å². The molecule has 2 fully saturated rings. The molecule has 2 saturated heterocycles. The Balaban J connectivity index is 1.84. The normalized spacial score (nSPS) is 29.0. The van der Waals surface area contributed by atoms with Gasteiger partial charge in [0.1, 0.15) is 5.60 Å². The molecule has 0 saturated carbocycles. The van der Waals surface area contributed by atoms with Crippen molar-refractivity contribution in [3.8, 4) is 0 Å². The Hall–Kier alpha value is -0.610. The molecule has 2 heterocycles. The van der Waals surface area contributed by atoms with Gasteiger partial charge >= 0.3 is 0 Å². The van der Waals surface area contributed by atoms with E-state index in [1.807, 2.05) is 13.8 Å². The molecular formula is C12H21NO3. The zero-order valence-corrected chi connectivity index (χ0v) is 10.1. The fraction of sp³-hybridized carbons (Fsp3) is 0.917. The van der Waals surface area contributed by atoms with Crippen molar-refractivity contribution in [2.24, 2.45) is 11.8 Å². The second-order valence-corrected chi connectivity index (χ2v) is 5.37. The summed E-state index contributed by atoms with van der Waals surface area (Å²) in [6, 6.07) is 0. The number of hydrogen-bond acceptors (Lipinski definition) is 3. The lowest BCUT2D eigenvalue weighted by Crippen LogP contribution is -2.67. The van der Waals surface area contributed by atoms with Gasteiger partial charge in [0.2, 0.25) is 5.91 Å². The molecule has 1 N–H and O–H groups in total. The number of nitrogens with zero attached hydrogens (tertiary/aromatic N) is 1. The van der Waals surface area contributed by atoms with E-state index in [4.69, 9.17) is 4.74 Å². The summed E-state index contributed by atoms with van der Waals surface area (Å²) in [6.45, 7) is 6.28. The minimum Gasteiger partial charge on any atom is -0.386 e. The minimum atomic E-state index is -0.662. The van der Waals surface area contributed by atoms with Crippen molar-refractivity contribution in [3.63, 3.8) is 0 Å². The summed E-state index contributed by atoms with van der Waals surface area (Å²) < 4.78 is 5.31. The summed E-state index contributed by atoms with van der Waals surface area (Å²) >= 11 is 0. The number of rotatable bonds is 2. The smallest absolute Gasteiger partial charge is 0.228 e. The monoisotopic (exact) mass is 227 g/mol. The summed E-state index contributed by atoms with van der Waals surface area (Å²) in [5.41, 5.74) is -0.662. The fourth-order valence-electron chi connectivity index (χ4n) is 2.33. The lowest BCUT2D eigenvalue weighted by atomic mass is 9.82. The Kier molecular flexibility index (Phi) is 3.22. The van der Waals surface area contributed by atoms with Crippen molar-refractivity contribution >= 4 is 5.91 Å². The minimum absolute atomic E-state index is 0.0189. The molecule has 2 aliphatic rings. The maximum atomic E-state index is 12.0. The van der Waals surface area contributed by atoms with Crippen LogP contribution in [0.5, 0.6) is 0 Å². The summed E-state index contributed by atoms with van der Waals surface area (Å²) in [7, 11) is 0. The van der Waals surface area contributed by atoms with Crippen molar-refractivity contribution in [2.45, 2.75) is 32.3 Å². The molecule has 92 valence electrons. The highest BCUT2D eigenvalue weighted by Crippen LogP contribution is 2.30. The standard InChI is InChI=1S/C12H21NO3/c1-9(2)12(15)7-13(8-12)11(14)10-4-3-5-16-6-10/h9-10,15H,3-8H2,1-2H3. The molecule has 2 rings (SSSR count). The molecule has 16 heavy (non-hydrogen) atoms. The molecule has 0 aromatic rings. The Morgan fingerprint density at radius 3 is 2.69 bits per heavy atom. The van der Waals surface area contributed by atoms with E-state index < -0.39 is 5.60 Å². The molecule has 0 aromatic heterocycles. The van der Waals surface area contributed by atoms with Crippen LogP contribution in [0, 0.1) is 11.8 Å². The van der Waals surface area contributed by atoms with Gasteiger partial charge in [0.15, 0.2) is 0 Å². The van der Waals surface area contributed by atoms with Crippen LogP contribution in [-0.4, -0.2) is 47.8 Å².